The van der Waals surface area contributed by atoms with Gasteiger partial charge in [0.2, 0.25) is 11.8 Å². The number of rotatable bonds is 19. The highest BCUT2D eigenvalue weighted by molar-refractivity contribution is 5.87. The first-order chi connectivity index (χ1) is 19.9. The highest BCUT2D eigenvalue weighted by Gasteiger charge is 2.29. The molecule has 1 aromatic carbocycles. The van der Waals surface area contributed by atoms with Crippen molar-refractivity contribution in [2.24, 2.45) is 5.41 Å². The Balaban J connectivity index is 2.54. The van der Waals surface area contributed by atoms with E-state index in [0.29, 0.717) is 19.3 Å². The van der Waals surface area contributed by atoms with Crippen LogP contribution in [0.25, 0.3) is 0 Å². The van der Waals surface area contributed by atoms with Gasteiger partial charge >= 0.3 is 23.9 Å². The number of urea groups is 1. The van der Waals surface area contributed by atoms with Gasteiger partial charge in [0.15, 0.2) is 0 Å². The maximum Gasteiger partial charge on any atom is 0.326 e. The lowest BCUT2D eigenvalue weighted by Gasteiger charge is -2.32. The molecule has 0 aromatic heterocycles. The van der Waals surface area contributed by atoms with Gasteiger partial charge in [-0.1, -0.05) is 44.2 Å². The predicted octanol–water partition coefficient (Wildman–Crippen LogP) is 2.68. The van der Waals surface area contributed by atoms with Crippen molar-refractivity contribution in [1.29, 1.82) is 0 Å². The van der Waals surface area contributed by atoms with Crippen molar-refractivity contribution in [3.05, 3.63) is 35.9 Å². The van der Waals surface area contributed by atoms with Crippen LogP contribution in [0.3, 0.4) is 0 Å². The van der Waals surface area contributed by atoms with E-state index in [9.17, 15) is 33.9 Å². The Labute approximate surface area is 252 Å². The molecule has 1 aromatic rings. The molecule has 0 aliphatic carbocycles. The van der Waals surface area contributed by atoms with Crippen LogP contribution in [0.5, 0.6) is 0 Å². The van der Waals surface area contributed by atoms with Crippen molar-refractivity contribution in [2.75, 3.05) is 0 Å². The number of amides is 4. The van der Waals surface area contributed by atoms with Crippen LogP contribution in [0.1, 0.15) is 85.1 Å². The van der Waals surface area contributed by atoms with Crippen LogP contribution in [-0.2, 0) is 30.4 Å². The summed E-state index contributed by atoms with van der Waals surface area (Å²) in [5, 5.41) is 37.4. The third-order valence-electron chi connectivity index (χ3n) is 6.85. The first kappa shape index (κ1) is 36.9. The van der Waals surface area contributed by atoms with Gasteiger partial charge in [-0.3, -0.25) is 14.4 Å². The van der Waals surface area contributed by atoms with E-state index >= 15 is 0 Å². The summed E-state index contributed by atoms with van der Waals surface area (Å²) in [5.41, 5.74) is 0.136. The number of carboxylic acid groups (broad SMARTS) is 3. The Morgan fingerprint density at radius 1 is 0.744 bits per heavy atom. The minimum absolute atomic E-state index is 0.0212. The summed E-state index contributed by atoms with van der Waals surface area (Å²) in [6, 6.07) is 5.76. The van der Waals surface area contributed by atoms with Gasteiger partial charge in [0, 0.05) is 30.8 Å². The van der Waals surface area contributed by atoms with Crippen LogP contribution in [0.15, 0.2) is 30.3 Å². The molecule has 4 amide bonds. The summed E-state index contributed by atoms with van der Waals surface area (Å²) in [6.07, 6.45) is 0.836. The molecule has 3 unspecified atom stereocenters. The molecule has 0 saturated heterocycles. The fourth-order valence-corrected chi connectivity index (χ4v) is 4.44. The second-order valence-electron chi connectivity index (χ2n) is 12.3. The minimum Gasteiger partial charge on any atom is -0.481 e. The van der Waals surface area contributed by atoms with Crippen LogP contribution in [0.4, 0.5) is 4.79 Å². The molecule has 0 fully saturated rings. The van der Waals surface area contributed by atoms with Gasteiger partial charge in [-0.2, -0.15) is 0 Å². The van der Waals surface area contributed by atoms with Gasteiger partial charge in [0.1, 0.15) is 12.1 Å². The molecule has 240 valence electrons. The number of nitrogens with one attached hydrogen (secondary N) is 4. The summed E-state index contributed by atoms with van der Waals surface area (Å²) >= 11 is 0. The van der Waals surface area contributed by atoms with E-state index in [1.807, 2.05) is 70.3 Å². The van der Waals surface area contributed by atoms with Crippen molar-refractivity contribution < 1.29 is 44.1 Å². The van der Waals surface area contributed by atoms with E-state index in [1.165, 1.54) is 0 Å². The third-order valence-corrected chi connectivity index (χ3v) is 6.85. The molecule has 0 aliphatic heterocycles. The monoisotopic (exact) mass is 606 g/mol. The van der Waals surface area contributed by atoms with Crippen molar-refractivity contribution in [1.82, 2.24) is 21.3 Å². The Bertz CT molecular complexity index is 1120. The zero-order valence-electron chi connectivity index (χ0n) is 25.6. The van der Waals surface area contributed by atoms with Crippen LogP contribution in [0.2, 0.25) is 0 Å². The lowest BCUT2D eigenvalue weighted by Crippen LogP contribution is -2.51. The van der Waals surface area contributed by atoms with Gasteiger partial charge in [0.05, 0.1) is 0 Å². The highest BCUT2D eigenvalue weighted by atomic mass is 16.4. The van der Waals surface area contributed by atoms with Crippen LogP contribution >= 0.6 is 0 Å². The quantitative estimate of drug-likeness (QED) is 0.123. The van der Waals surface area contributed by atoms with E-state index in [0.717, 1.165) is 12.0 Å². The molecule has 0 spiro atoms. The lowest BCUT2D eigenvalue weighted by molar-refractivity contribution is -0.141. The van der Waals surface area contributed by atoms with Crippen molar-refractivity contribution in [3.63, 3.8) is 0 Å². The number of carbonyl (C=O) groups excluding carboxylic acids is 3. The van der Waals surface area contributed by atoms with Crippen LogP contribution < -0.4 is 21.3 Å². The second kappa shape index (κ2) is 17.1. The summed E-state index contributed by atoms with van der Waals surface area (Å²) in [6.45, 7) is 9.58. The van der Waals surface area contributed by atoms with Gasteiger partial charge in [-0.15, -0.1) is 0 Å². The number of carboxylic acids is 3. The highest BCUT2D eigenvalue weighted by Crippen LogP contribution is 2.30. The topological polar surface area (TPSA) is 211 Å². The zero-order valence-corrected chi connectivity index (χ0v) is 25.6. The summed E-state index contributed by atoms with van der Waals surface area (Å²) in [7, 11) is 0. The molecule has 0 aliphatic rings. The van der Waals surface area contributed by atoms with Crippen LogP contribution in [0, 0.1) is 5.41 Å². The molecule has 13 nitrogen and oxygen atoms in total. The number of carbonyl (C=O) groups is 6. The van der Waals surface area contributed by atoms with Gasteiger partial charge < -0.3 is 36.6 Å². The first-order valence-corrected chi connectivity index (χ1v) is 14.3. The van der Waals surface area contributed by atoms with Crippen molar-refractivity contribution >= 4 is 35.8 Å². The zero-order chi connectivity index (χ0) is 32.8. The molecular formula is C30H46N4O9. The summed E-state index contributed by atoms with van der Waals surface area (Å²) in [4.78, 5) is 71.1. The minimum atomic E-state index is -1.53. The molecule has 0 bridgehead atoms. The van der Waals surface area contributed by atoms with E-state index in [2.05, 4.69) is 16.0 Å². The SMILES string of the molecule is CC(Cc1ccccc1)NC(=O)CC(C)(C)CCC(C)(C)NC(=O)CCC(NC(=O)NC(CCC(=O)O)C(=O)O)C(=O)O. The van der Waals surface area contributed by atoms with Crippen molar-refractivity contribution in [3.8, 4) is 0 Å². The molecule has 7 N–H and O–H groups in total. The Hall–Kier alpha value is -4.16. The number of hydrogen-bond donors (Lipinski definition) is 7. The smallest absolute Gasteiger partial charge is 0.326 e. The number of benzene rings is 1. The normalized spacial score (nSPS) is 13.6. The predicted molar refractivity (Wildman–Crippen MR) is 158 cm³/mol. The maximum atomic E-state index is 12.7. The van der Waals surface area contributed by atoms with E-state index < -0.39 is 53.9 Å². The molecule has 3 atom stereocenters. The molecular weight excluding hydrogens is 560 g/mol. The number of hydrogen-bond acceptors (Lipinski definition) is 6. The second-order valence-corrected chi connectivity index (χ2v) is 12.3. The largest absolute Gasteiger partial charge is 0.481 e. The van der Waals surface area contributed by atoms with Crippen molar-refractivity contribution in [2.45, 2.75) is 110 Å². The number of aliphatic carboxylic acids is 3. The van der Waals surface area contributed by atoms with Gasteiger partial charge in [0.25, 0.3) is 0 Å². The third kappa shape index (κ3) is 16.2. The lowest BCUT2D eigenvalue weighted by atomic mass is 9.80. The Morgan fingerprint density at radius 2 is 1.28 bits per heavy atom. The summed E-state index contributed by atoms with van der Waals surface area (Å²) in [5.74, 6) is -4.62. The molecule has 1 rings (SSSR count). The maximum absolute atomic E-state index is 12.7. The molecule has 0 radical (unpaired) electrons. The average Bonchev–Trinajstić information content (AvgIpc) is 2.87. The van der Waals surface area contributed by atoms with E-state index in [-0.39, 0.29) is 36.6 Å². The van der Waals surface area contributed by atoms with Gasteiger partial charge in [-0.25, -0.2) is 14.4 Å². The molecule has 0 heterocycles. The summed E-state index contributed by atoms with van der Waals surface area (Å²) < 4.78 is 0. The van der Waals surface area contributed by atoms with Gasteiger partial charge in [-0.05, 0) is 63.9 Å². The molecule has 43 heavy (non-hydrogen) atoms. The Kier molecular flexibility index (Phi) is 14.6. The fourth-order valence-electron chi connectivity index (χ4n) is 4.44. The van der Waals surface area contributed by atoms with E-state index in [1.54, 1.807) is 0 Å². The molecule has 13 heteroatoms. The molecule has 0 saturated carbocycles. The standard InChI is InChI=1S/C30H46N4O9/c1-19(17-20-9-7-6-8-10-20)31-24(36)18-29(2,3)15-16-30(4,5)34-23(35)13-11-21(26(39)40)32-28(43)33-22(27(41)42)12-14-25(37)38/h6-10,19,21-22H,11-18H2,1-5H3,(H,31,36)(H,34,35)(H,37,38)(H,39,40)(H,41,42)(H2,32,33,43). The van der Waals surface area contributed by atoms with E-state index in [4.69, 9.17) is 10.2 Å². The van der Waals surface area contributed by atoms with Crippen LogP contribution in [-0.4, -0.2) is 74.7 Å². The fraction of sp³-hybridized carbons (Fsp3) is 0.600. The first-order valence-electron chi connectivity index (χ1n) is 14.3. The average molecular weight is 607 g/mol. The Morgan fingerprint density at radius 3 is 1.79 bits per heavy atom.